The third kappa shape index (κ3) is 3.74. The van der Waals surface area contributed by atoms with Gasteiger partial charge in [0.1, 0.15) is 17.0 Å². The number of aromatic amines is 1. The lowest BCUT2D eigenvalue weighted by atomic mass is 10.1. The normalized spacial score (nSPS) is 11.3. The number of phenols is 1. The summed E-state index contributed by atoms with van der Waals surface area (Å²) >= 11 is 9.30. The molecule has 3 aromatic rings. The third-order valence-electron chi connectivity index (χ3n) is 4.11. The first-order chi connectivity index (χ1) is 13.2. The van der Waals surface area contributed by atoms with Crippen molar-refractivity contribution in [3.63, 3.8) is 0 Å². The van der Waals surface area contributed by atoms with E-state index in [1.807, 2.05) is 6.92 Å². The summed E-state index contributed by atoms with van der Waals surface area (Å²) in [5.74, 6) is -0.715. The van der Waals surface area contributed by atoms with E-state index >= 15 is 0 Å². The molecule has 0 radical (unpaired) electrons. The highest BCUT2D eigenvalue weighted by Gasteiger charge is 2.16. The Bertz CT molecular complexity index is 1230. The minimum absolute atomic E-state index is 0.111. The Labute approximate surface area is 172 Å². The molecule has 144 valence electrons. The Morgan fingerprint density at radius 3 is 2.57 bits per heavy atom. The summed E-state index contributed by atoms with van der Waals surface area (Å²) in [5, 5.41) is 20.8. The Balaban J connectivity index is 2.20. The summed E-state index contributed by atoms with van der Waals surface area (Å²) in [6.45, 7) is 3.61. The first kappa shape index (κ1) is 19.9. The molecule has 3 rings (SSSR count). The van der Waals surface area contributed by atoms with Crippen molar-refractivity contribution in [2.75, 3.05) is 0 Å². The number of aromatic hydroxyl groups is 2. The first-order valence-corrected chi connectivity index (χ1v) is 9.24. The first-order valence-electron chi connectivity index (χ1n) is 8.07. The van der Waals surface area contributed by atoms with Crippen LogP contribution in [-0.4, -0.2) is 26.0 Å². The summed E-state index contributed by atoms with van der Waals surface area (Å²) < 4.78 is 1.85. The molecule has 0 spiro atoms. The minimum atomic E-state index is -0.810. The monoisotopic (exact) mass is 463 g/mol. The lowest BCUT2D eigenvalue weighted by molar-refractivity contribution is 0.430. The van der Waals surface area contributed by atoms with E-state index in [1.165, 1.54) is 18.2 Å². The van der Waals surface area contributed by atoms with E-state index in [4.69, 9.17) is 11.6 Å². The van der Waals surface area contributed by atoms with Crippen molar-refractivity contribution in [1.82, 2.24) is 9.55 Å². The molecule has 0 fully saturated rings. The zero-order chi connectivity index (χ0) is 20.6. The molecule has 28 heavy (non-hydrogen) atoms. The van der Waals surface area contributed by atoms with Crippen molar-refractivity contribution in [1.29, 1.82) is 0 Å². The van der Waals surface area contributed by atoms with Crippen LogP contribution in [0.4, 0.5) is 5.69 Å². The SMILES string of the molecule is Cc1cc(-n2c(O)c(C=Nc3cc(Cl)ccc3O)c(=O)[nH]c2=O)c(C)cc1Br. The van der Waals surface area contributed by atoms with Crippen LogP contribution in [0, 0.1) is 13.8 Å². The highest BCUT2D eigenvalue weighted by Crippen LogP contribution is 2.30. The number of nitrogens with zero attached hydrogens (tertiary/aromatic N) is 2. The van der Waals surface area contributed by atoms with E-state index in [1.54, 1.807) is 19.1 Å². The average Bonchev–Trinajstić information content (AvgIpc) is 2.61. The van der Waals surface area contributed by atoms with Gasteiger partial charge in [0.25, 0.3) is 5.56 Å². The molecular weight excluding hydrogens is 450 g/mol. The number of benzene rings is 2. The van der Waals surface area contributed by atoms with Crippen molar-refractivity contribution in [3.8, 4) is 17.3 Å². The minimum Gasteiger partial charge on any atom is -0.506 e. The fourth-order valence-corrected chi connectivity index (χ4v) is 3.24. The number of hydrogen-bond donors (Lipinski definition) is 3. The van der Waals surface area contributed by atoms with Crippen molar-refractivity contribution in [3.05, 3.63) is 77.4 Å². The van der Waals surface area contributed by atoms with Gasteiger partial charge >= 0.3 is 5.69 Å². The number of aromatic nitrogens is 2. The van der Waals surface area contributed by atoms with Gasteiger partial charge in [-0.25, -0.2) is 9.36 Å². The van der Waals surface area contributed by atoms with Crippen LogP contribution in [0.5, 0.6) is 11.6 Å². The number of aliphatic imine (C=N–C) groups is 1. The lowest BCUT2D eigenvalue weighted by Gasteiger charge is -2.14. The molecule has 0 aliphatic carbocycles. The highest BCUT2D eigenvalue weighted by atomic mass is 79.9. The molecule has 0 aliphatic heterocycles. The highest BCUT2D eigenvalue weighted by molar-refractivity contribution is 9.10. The fourth-order valence-electron chi connectivity index (χ4n) is 2.62. The zero-order valence-electron chi connectivity index (χ0n) is 14.8. The van der Waals surface area contributed by atoms with Crippen LogP contribution in [-0.2, 0) is 0 Å². The molecule has 7 nitrogen and oxygen atoms in total. The molecule has 3 N–H and O–H groups in total. The maximum Gasteiger partial charge on any atom is 0.335 e. The van der Waals surface area contributed by atoms with Crippen LogP contribution in [0.15, 0.2) is 49.4 Å². The zero-order valence-corrected chi connectivity index (χ0v) is 17.2. The van der Waals surface area contributed by atoms with Crippen LogP contribution in [0.25, 0.3) is 5.69 Å². The summed E-state index contributed by atoms with van der Waals surface area (Å²) in [6, 6.07) is 7.76. The van der Waals surface area contributed by atoms with Crippen LogP contribution in [0.2, 0.25) is 5.02 Å². The predicted molar refractivity (Wildman–Crippen MR) is 112 cm³/mol. The number of hydrogen-bond acceptors (Lipinski definition) is 5. The second kappa shape index (κ2) is 7.65. The van der Waals surface area contributed by atoms with Crippen molar-refractivity contribution in [2.45, 2.75) is 13.8 Å². The Hall–Kier alpha value is -2.84. The largest absolute Gasteiger partial charge is 0.506 e. The maximum absolute atomic E-state index is 12.4. The van der Waals surface area contributed by atoms with Gasteiger partial charge in [-0.3, -0.25) is 14.8 Å². The number of aryl methyl sites for hydroxylation is 2. The van der Waals surface area contributed by atoms with Gasteiger partial charge in [0.05, 0.1) is 5.69 Å². The summed E-state index contributed by atoms with van der Waals surface area (Å²) in [4.78, 5) is 30.8. The second-order valence-corrected chi connectivity index (χ2v) is 7.40. The number of nitrogens with one attached hydrogen (secondary N) is 1. The van der Waals surface area contributed by atoms with E-state index in [2.05, 4.69) is 25.9 Å². The van der Waals surface area contributed by atoms with Crippen molar-refractivity contribution in [2.24, 2.45) is 4.99 Å². The average molecular weight is 465 g/mol. The van der Waals surface area contributed by atoms with E-state index in [0.717, 1.165) is 20.8 Å². The molecule has 0 bridgehead atoms. The van der Waals surface area contributed by atoms with Crippen molar-refractivity contribution >= 4 is 39.4 Å². The van der Waals surface area contributed by atoms with E-state index in [0.29, 0.717) is 16.3 Å². The summed E-state index contributed by atoms with van der Waals surface area (Å²) in [6.07, 6.45) is 1.07. The van der Waals surface area contributed by atoms with Crippen LogP contribution >= 0.6 is 27.5 Å². The fraction of sp³-hybridized carbons (Fsp3) is 0.105. The van der Waals surface area contributed by atoms with E-state index in [-0.39, 0.29) is 17.0 Å². The van der Waals surface area contributed by atoms with Gasteiger partial charge in [0.2, 0.25) is 5.88 Å². The quantitative estimate of drug-likeness (QED) is 0.513. The topological polar surface area (TPSA) is 108 Å². The number of phenolic OH excluding ortho intramolecular Hbond substituents is 1. The molecule has 0 amide bonds. The van der Waals surface area contributed by atoms with Gasteiger partial charge in [-0.15, -0.1) is 0 Å². The summed E-state index contributed by atoms with van der Waals surface area (Å²) in [7, 11) is 0. The summed E-state index contributed by atoms with van der Waals surface area (Å²) in [5.41, 5.74) is 0.249. The van der Waals surface area contributed by atoms with Gasteiger partial charge < -0.3 is 10.2 Å². The third-order valence-corrected chi connectivity index (χ3v) is 5.20. The Morgan fingerprint density at radius 1 is 1.14 bits per heavy atom. The number of H-pyrrole nitrogens is 1. The molecule has 0 saturated heterocycles. The van der Waals surface area contributed by atoms with Crippen LogP contribution in [0.1, 0.15) is 16.7 Å². The molecular formula is C19H15BrClN3O4. The lowest BCUT2D eigenvalue weighted by Crippen LogP contribution is -2.31. The van der Waals surface area contributed by atoms with Gasteiger partial charge in [0, 0.05) is 15.7 Å². The molecule has 9 heteroatoms. The number of rotatable bonds is 3. The van der Waals surface area contributed by atoms with Crippen LogP contribution < -0.4 is 11.2 Å². The van der Waals surface area contributed by atoms with E-state index < -0.39 is 17.1 Å². The molecule has 1 heterocycles. The van der Waals surface area contributed by atoms with Gasteiger partial charge in [-0.2, -0.15) is 0 Å². The van der Waals surface area contributed by atoms with Gasteiger partial charge in [-0.1, -0.05) is 27.5 Å². The van der Waals surface area contributed by atoms with Crippen molar-refractivity contribution < 1.29 is 10.2 Å². The maximum atomic E-state index is 12.4. The van der Waals surface area contributed by atoms with Gasteiger partial charge in [0.15, 0.2) is 0 Å². The standard InChI is InChI=1S/C19H15BrClN3O4/c1-9-6-15(10(2)5-13(9)20)24-18(27)12(17(26)23-19(24)28)8-22-14-7-11(21)3-4-16(14)25/h3-8,25,27H,1-2H3,(H,23,26,28). The molecule has 0 saturated carbocycles. The van der Waals surface area contributed by atoms with E-state index in [9.17, 15) is 19.8 Å². The van der Waals surface area contributed by atoms with Gasteiger partial charge in [-0.05, 0) is 55.3 Å². The number of halogens is 2. The predicted octanol–water partition coefficient (Wildman–Crippen LogP) is 3.72. The molecule has 2 aromatic carbocycles. The molecule has 0 aliphatic rings. The molecule has 0 unspecified atom stereocenters. The molecule has 1 aromatic heterocycles. The smallest absolute Gasteiger partial charge is 0.335 e. The Kier molecular flexibility index (Phi) is 5.44. The van der Waals surface area contributed by atoms with Crippen LogP contribution in [0.3, 0.4) is 0 Å². The molecule has 0 atom stereocenters. The Morgan fingerprint density at radius 2 is 1.86 bits per heavy atom. The second-order valence-electron chi connectivity index (χ2n) is 6.11.